The van der Waals surface area contributed by atoms with Crippen LogP contribution in [0.15, 0.2) is 28.8 Å². The van der Waals surface area contributed by atoms with E-state index < -0.39 is 6.04 Å². The lowest BCUT2D eigenvalue weighted by Gasteiger charge is -2.27. The third-order valence-electron chi connectivity index (χ3n) is 5.52. The first-order chi connectivity index (χ1) is 14.3. The summed E-state index contributed by atoms with van der Waals surface area (Å²) < 4.78 is 19.3. The van der Waals surface area contributed by atoms with Crippen LogP contribution in [0.2, 0.25) is 0 Å². The normalized spacial score (nSPS) is 16.2. The van der Waals surface area contributed by atoms with Crippen molar-refractivity contribution >= 4 is 11.8 Å². The van der Waals surface area contributed by atoms with Crippen LogP contribution in [0, 0.1) is 19.7 Å². The monoisotopic (exact) mass is 416 g/mol. The van der Waals surface area contributed by atoms with Gasteiger partial charge < -0.3 is 14.7 Å². The van der Waals surface area contributed by atoms with Crippen LogP contribution in [0.5, 0.6) is 0 Å². The lowest BCUT2D eigenvalue weighted by atomic mass is 10.0. The Morgan fingerprint density at radius 1 is 1.20 bits per heavy atom. The zero-order valence-electron chi connectivity index (χ0n) is 17.8. The second kappa shape index (κ2) is 9.84. The van der Waals surface area contributed by atoms with Crippen molar-refractivity contribution in [2.24, 2.45) is 0 Å². The van der Waals surface area contributed by atoms with Crippen LogP contribution >= 0.6 is 0 Å². The summed E-state index contributed by atoms with van der Waals surface area (Å²) in [4.78, 5) is 28.9. The van der Waals surface area contributed by atoms with Gasteiger partial charge in [0.2, 0.25) is 11.8 Å². The molecule has 1 fully saturated rings. The van der Waals surface area contributed by atoms with Gasteiger partial charge in [-0.3, -0.25) is 14.5 Å². The fourth-order valence-corrected chi connectivity index (χ4v) is 3.85. The van der Waals surface area contributed by atoms with E-state index in [1.165, 1.54) is 13.0 Å². The Balaban J connectivity index is 1.66. The van der Waals surface area contributed by atoms with Gasteiger partial charge in [0.25, 0.3) is 0 Å². The van der Waals surface area contributed by atoms with Crippen LogP contribution in [0.1, 0.15) is 35.9 Å². The van der Waals surface area contributed by atoms with Crippen LogP contribution in [0.4, 0.5) is 4.39 Å². The Bertz CT molecular complexity index is 879. The number of amides is 2. The molecular formula is C22H29FN4O3. The molecule has 1 saturated heterocycles. The summed E-state index contributed by atoms with van der Waals surface area (Å²) in [7, 11) is 0. The Labute approximate surface area is 176 Å². The minimum atomic E-state index is -0.784. The van der Waals surface area contributed by atoms with Gasteiger partial charge in [0.1, 0.15) is 17.6 Å². The number of hydrogen-bond donors (Lipinski definition) is 1. The lowest BCUT2D eigenvalue weighted by Crippen LogP contribution is -2.50. The van der Waals surface area contributed by atoms with Crippen molar-refractivity contribution in [2.75, 3.05) is 26.2 Å². The maximum Gasteiger partial charge on any atom is 0.245 e. The fourth-order valence-electron chi connectivity index (χ4n) is 3.85. The van der Waals surface area contributed by atoms with Gasteiger partial charge in [-0.1, -0.05) is 23.4 Å². The summed E-state index contributed by atoms with van der Waals surface area (Å²) in [5.41, 5.74) is 2.39. The van der Waals surface area contributed by atoms with Crippen molar-refractivity contribution in [3.63, 3.8) is 0 Å². The van der Waals surface area contributed by atoms with Gasteiger partial charge in [-0.25, -0.2) is 4.39 Å². The molecule has 2 heterocycles. The number of halogens is 1. The molecule has 0 spiro atoms. The second-order valence-corrected chi connectivity index (χ2v) is 7.81. The number of aryl methyl sites for hydroxylation is 2. The van der Waals surface area contributed by atoms with Crippen molar-refractivity contribution in [3.8, 4) is 0 Å². The fraction of sp³-hybridized carbons (Fsp3) is 0.500. The number of rotatable bonds is 6. The predicted molar refractivity (Wildman–Crippen MR) is 110 cm³/mol. The van der Waals surface area contributed by atoms with Crippen LogP contribution in [0.25, 0.3) is 0 Å². The first kappa shape index (κ1) is 22.0. The van der Waals surface area contributed by atoms with E-state index in [0.29, 0.717) is 25.2 Å². The molecule has 1 aliphatic rings. The highest BCUT2D eigenvalue weighted by molar-refractivity contribution is 5.87. The molecule has 3 rings (SSSR count). The average Bonchev–Trinajstić information content (AvgIpc) is 2.90. The zero-order valence-corrected chi connectivity index (χ0v) is 17.8. The van der Waals surface area contributed by atoms with E-state index in [4.69, 9.17) is 4.52 Å². The summed E-state index contributed by atoms with van der Waals surface area (Å²) in [5.74, 6) is -0.0327. The van der Waals surface area contributed by atoms with Crippen molar-refractivity contribution in [2.45, 2.75) is 46.2 Å². The quantitative estimate of drug-likeness (QED) is 0.781. The number of nitrogens with zero attached hydrogens (tertiary/aromatic N) is 3. The van der Waals surface area contributed by atoms with Gasteiger partial charge in [-0.05, 0) is 31.9 Å². The molecule has 0 aliphatic carbocycles. The number of nitrogens with one attached hydrogen (secondary N) is 1. The van der Waals surface area contributed by atoms with E-state index in [0.717, 1.165) is 36.5 Å². The topological polar surface area (TPSA) is 78.7 Å². The number of benzene rings is 1. The molecule has 162 valence electrons. The van der Waals surface area contributed by atoms with Gasteiger partial charge in [0, 0.05) is 51.6 Å². The molecular weight excluding hydrogens is 387 g/mol. The van der Waals surface area contributed by atoms with Crippen LogP contribution in [-0.4, -0.2) is 59.0 Å². The Hall–Kier alpha value is -2.74. The van der Waals surface area contributed by atoms with Gasteiger partial charge >= 0.3 is 0 Å². The predicted octanol–water partition coefficient (Wildman–Crippen LogP) is 2.21. The molecule has 2 amide bonds. The van der Waals surface area contributed by atoms with Crippen LogP contribution in [0.3, 0.4) is 0 Å². The molecule has 0 saturated carbocycles. The van der Waals surface area contributed by atoms with Crippen molar-refractivity contribution in [1.82, 2.24) is 20.3 Å². The Morgan fingerprint density at radius 3 is 2.63 bits per heavy atom. The molecule has 8 heteroatoms. The Kier molecular flexibility index (Phi) is 7.20. The summed E-state index contributed by atoms with van der Waals surface area (Å²) in [6.45, 7) is 8.65. The maximum atomic E-state index is 14.1. The van der Waals surface area contributed by atoms with E-state index in [2.05, 4.69) is 15.4 Å². The maximum absolute atomic E-state index is 14.1. The molecule has 0 radical (unpaired) electrons. The SMILES string of the molecule is CC(=O)NC(Cc1ccccc1F)C(=O)N1CCCN(Cc2c(C)noc2C)CC1. The highest BCUT2D eigenvalue weighted by Crippen LogP contribution is 2.17. The minimum absolute atomic E-state index is 0.129. The molecule has 1 N–H and O–H groups in total. The highest BCUT2D eigenvalue weighted by Gasteiger charge is 2.28. The molecule has 2 aromatic rings. The summed E-state index contributed by atoms with van der Waals surface area (Å²) in [6, 6.07) is 5.56. The highest BCUT2D eigenvalue weighted by atomic mass is 19.1. The molecule has 1 unspecified atom stereocenters. The molecule has 30 heavy (non-hydrogen) atoms. The van der Waals surface area contributed by atoms with Gasteiger partial charge in [-0.2, -0.15) is 0 Å². The second-order valence-electron chi connectivity index (χ2n) is 7.81. The van der Waals surface area contributed by atoms with Crippen LogP contribution < -0.4 is 5.32 Å². The molecule has 1 aromatic carbocycles. The van der Waals surface area contributed by atoms with Gasteiger partial charge in [0.15, 0.2) is 0 Å². The molecule has 1 atom stereocenters. The van der Waals surface area contributed by atoms with E-state index in [1.807, 2.05) is 13.8 Å². The van der Waals surface area contributed by atoms with E-state index in [1.54, 1.807) is 23.1 Å². The van der Waals surface area contributed by atoms with Gasteiger partial charge in [0.05, 0.1) is 5.69 Å². The summed E-state index contributed by atoms with van der Waals surface area (Å²) in [5, 5.41) is 6.71. The minimum Gasteiger partial charge on any atom is -0.361 e. The first-order valence-corrected chi connectivity index (χ1v) is 10.3. The third-order valence-corrected chi connectivity index (χ3v) is 5.52. The van der Waals surface area contributed by atoms with Crippen LogP contribution in [-0.2, 0) is 22.6 Å². The Morgan fingerprint density at radius 2 is 1.97 bits per heavy atom. The molecule has 0 bridgehead atoms. The average molecular weight is 416 g/mol. The summed E-state index contributed by atoms with van der Waals surface area (Å²) >= 11 is 0. The number of hydrogen-bond acceptors (Lipinski definition) is 5. The molecule has 7 nitrogen and oxygen atoms in total. The standard InChI is InChI=1S/C22H29FN4O3/c1-15-19(16(2)30-25-15)14-26-9-6-10-27(12-11-26)22(29)21(24-17(3)28)13-18-7-4-5-8-20(18)23/h4-5,7-8,21H,6,9-14H2,1-3H3,(H,24,28). The van der Waals surface area contributed by atoms with E-state index >= 15 is 0 Å². The smallest absolute Gasteiger partial charge is 0.245 e. The van der Waals surface area contributed by atoms with E-state index in [-0.39, 0.29) is 24.1 Å². The van der Waals surface area contributed by atoms with Crippen molar-refractivity contribution < 1.29 is 18.5 Å². The van der Waals surface area contributed by atoms with Crippen molar-refractivity contribution in [3.05, 3.63) is 52.7 Å². The lowest BCUT2D eigenvalue weighted by molar-refractivity contribution is -0.136. The molecule has 1 aliphatic heterocycles. The number of carbonyl (C=O) groups excluding carboxylic acids is 2. The third kappa shape index (κ3) is 5.44. The van der Waals surface area contributed by atoms with Crippen molar-refractivity contribution in [1.29, 1.82) is 0 Å². The molecule has 1 aromatic heterocycles. The summed E-state index contributed by atoms with van der Waals surface area (Å²) in [6.07, 6.45) is 0.950. The number of carbonyl (C=O) groups is 2. The largest absolute Gasteiger partial charge is 0.361 e. The number of aromatic nitrogens is 1. The zero-order chi connectivity index (χ0) is 21.7. The van der Waals surface area contributed by atoms with Gasteiger partial charge in [-0.15, -0.1) is 0 Å². The van der Waals surface area contributed by atoms with E-state index in [9.17, 15) is 14.0 Å². The first-order valence-electron chi connectivity index (χ1n) is 10.3.